The lowest BCUT2D eigenvalue weighted by atomic mass is 10.2. The van der Waals surface area contributed by atoms with Crippen LogP contribution >= 0.6 is 23.2 Å². The highest BCUT2D eigenvalue weighted by molar-refractivity contribution is 6.32. The second-order valence-electron chi connectivity index (χ2n) is 3.78. The van der Waals surface area contributed by atoms with Gasteiger partial charge in [0, 0.05) is 18.7 Å². The van der Waals surface area contributed by atoms with E-state index in [-0.39, 0.29) is 5.97 Å². The fourth-order valence-electron chi connectivity index (χ4n) is 1.50. The van der Waals surface area contributed by atoms with E-state index in [2.05, 4.69) is 14.6 Å². The Labute approximate surface area is 117 Å². The molecule has 0 unspecified atom stereocenters. The number of pyridine rings is 1. The predicted molar refractivity (Wildman–Crippen MR) is 71.8 cm³/mol. The number of nitrogens with zero attached hydrogens (tertiary/aromatic N) is 2. The van der Waals surface area contributed by atoms with Gasteiger partial charge in [-0.15, -0.1) is 0 Å². The lowest BCUT2D eigenvalue weighted by Crippen LogP contribution is -2.26. The molecular formula is C12H16Cl2N2O2. The smallest absolute Gasteiger partial charge is 0.306 e. The molecule has 0 fully saturated rings. The Morgan fingerprint density at radius 3 is 2.72 bits per heavy atom. The minimum Gasteiger partial charge on any atom is -0.469 e. The van der Waals surface area contributed by atoms with Gasteiger partial charge in [0.25, 0.3) is 0 Å². The van der Waals surface area contributed by atoms with Gasteiger partial charge in [-0.3, -0.25) is 9.69 Å². The molecular weight excluding hydrogens is 275 g/mol. The zero-order valence-electron chi connectivity index (χ0n) is 10.4. The molecule has 0 aromatic carbocycles. The average molecular weight is 291 g/mol. The number of methoxy groups -OCH3 is 1. The molecule has 0 spiro atoms. The largest absolute Gasteiger partial charge is 0.469 e. The van der Waals surface area contributed by atoms with Crippen LogP contribution in [0.1, 0.15) is 18.9 Å². The van der Waals surface area contributed by atoms with Crippen LogP contribution in [-0.2, 0) is 16.1 Å². The predicted octanol–water partition coefficient (Wildman–Crippen LogP) is 2.77. The van der Waals surface area contributed by atoms with E-state index in [9.17, 15) is 4.79 Å². The van der Waals surface area contributed by atoms with Gasteiger partial charge in [0.15, 0.2) is 0 Å². The molecule has 0 saturated heterocycles. The number of halogens is 2. The SMILES string of the molecule is CCN(CCC(=O)OC)Cc1ccc(Cl)nc1Cl. The molecule has 0 saturated carbocycles. The number of ether oxygens (including phenoxy) is 1. The number of esters is 1. The average Bonchev–Trinajstić information content (AvgIpc) is 2.36. The summed E-state index contributed by atoms with van der Waals surface area (Å²) in [6.45, 7) is 4.10. The van der Waals surface area contributed by atoms with Crippen molar-refractivity contribution in [1.29, 1.82) is 0 Å². The van der Waals surface area contributed by atoms with Crippen LogP contribution in [0.5, 0.6) is 0 Å². The quantitative estimate of drug-likeness (QED) is 0.597. The summed E-state index contributed by atoms with van der Waals surface area (Å²) < 4.78 is 4.61. The van der Waals surface area contributed by atoms with Gasteiger partial charge in [0.2, 0.25) is 0 Å². The van der Waals surface area contributed by atoms with Crippen LogP contribution in [0.25, 0.3) is 0 Å². The van der Waals surface area contributed by atoms with E-state index in [4.69, 9.17) is 23.2 Å². The second kappa shape index (κ2) is 7.56. The van der Waals surface area contributed by atoms with Gasteiger partial charge in [-0.1, -0.05) is 36.2 Å². The third-order valence-corrected chi connectivity index (χ3v) is 3.13. The van der Waals surface area contributed by atoms with E-state index in [1.54, 1.807) is 6.07 Å². The van der Waals surface area contributed by atoms with Gasteiger partial charge in [0.05, 0.1) is 13.5 Å². The van der Waals surface area contributed by atoms with E-state index >= 15 is 0 Å². The van der Waals surface area contributed by atoms with Crippen molar-refractivity contribution >= 4 is 29.2 Å². The molecule has 1 aromatic heterocycles. The van der Waals surface area contributed by atoms with Gasteiger partial charge in [-0.2, -0.15) is 0 Å². The molecule has 18 heavy (non-hydrogen) atoms. The first-order chi connectivity index (χ1) is 8.56. The van der Waals surface area contributed by atoms with Crippen LogP contribution in [-0.4, -0.2) is 36.1 Å². The van der Waals surface area contributed by atoms with Crippen LogP contribution in [0.2, 0.25) is 10.3 Å². The highest BCUT2D eigenvalue weighted by atomic mass is 35.5. The van der Waals surface area contributed by atoms with Crippen LogP contribution < -0.4 is 0 Å². The summed E-state index contributed by atoms with van der Waals surface area (Å²) in [5.74, 6) is -0.214. The molecule has 0 atom stereocenters. The molecule has 0 bridgehead atoms. The number of rotatable bonds is 6. The fourth-order valence-corrected chi connectivity index (χ4v) is 1.90. The standard InChI is InChI=1S/C12H16Cl2N2O2/c1-3-16(7-6-11(17)18-2)8-9-4-5-10(13)15-12(9)14/h4-5H,3,6-8H2,1-2H3. The van der Waals surface area contributed by atoms with Gasteiger partial charge >= 0.3 is 5.97 Å². The van der Waals surface area contributed by atoms with E-state index in [1.807, 2.05) is 13.0 Å². The fraction of sp³-hybridized carbons (Fsp3) is 0.500. The zero-order valence-corrected chi connectivity index (χ0v) is 12.0. The first kappa shape index (κ1) is 15.2. The molecule has 4 nitrogen and oxygen atoms in total. The van der Waals surface area contributed by atoms with Crippen molar-refractivity contribution in [2.75, 3.05) is 20.2 Å². The molecule has 0 amide bonds. The second-order valence-corrected chi connectivity index (χ2v) is 4.52. The van der Waals surface area contributed by atoms with E-state index in [0.29, 0.717) is 29.8 Å². The maximum Gasteiger partial charge on any atom is 0.306 e. The van der Waals surface area contributed by atoms with Crippen molar-refractivity contribution in [3.63, 3.8) is 0 Å². The van der Waals surface area contributed by atoms with Crippen LogP contribution in [0.15, 0.2) is 12.1 Å². The lowest BCUT2D eigenvalue weighted by molar-refractivity contribution is -0.141. The maximum absolute atomic E-state index is 11.1. The van der Waals surface area contributed by atoms with Gasteiger partial charge in [-0.05, 0) is 12.6 Å². The summed E-state index contributed by atoms with van der Waals surface area (Å²) in [6.07, 6.45) is 0.364. The number of carbonyl (C=O) groups is 1. The first-order valence-electron chi connectivity index (χ1n) is 5.67. The summed E-state index contributed by atoms with van der Waals surface area (Å²) >= 11 is 11.7. The molecule has 0 aliphatic carbocycles. The Kier molecular flexibility index (Phi) is 6.39. The monoisotopic (exact) mass is 290 g/mol. The normalized spacial score (nSPS) is 10.7. The molecule has 1 heterocycles. The number of hydrogen-bond donors (Lipinski definition) is 0. The Balaban J connectivity index is 2.59. The molecule has 100 valence electrons. The summed E-state index contributed by atoms with van der Waals surface area (Å²) in [7, 11) is 1.39. The van der Waals surface area contributed by atoms with Gasteiger partial charge in [0.1, 0.15) is 10.3 Å². The number of aromatic nitrogens is 1. The maximum atomic E-state index is 11.1. The summed E-state index contributed by atoms with van der Waals surface area (Å²) in [5, 5.41) is 0.778. The van der Waals surface area contributed by atoms with E-state index in [1.165, 1.54) is 7.11 Å². The molecule has 1 rings (SSSR count). The minimum atomic E-state index is -0.214. The van der Waals surface area contributed by atoms with Crippen molar-refractivity contribution in [1.82, 2.24) is 9.88 Å². The molecule has 0 aliphatic heterocycles. The Bertz CT molecular complexity index is 413. The first-order valence-corrected chi connectivity index (χ1v) is 6.42. The highest BCUT2D eigenvalue weighted by Gasteiger charge is 2.10. The third-order valence-electron chi connectivity index (χ3n) is 2.59. The van der Waals surface area contributed by atoms with Gasteiger partial charge in [-0.25, -0.2) is 4.98 Å². The zero-order chi connectivity index (χ0) is 13.5. The van der Waals surface area contributed by atoms with E-state index in [0.717, 1.165) is 12.1 Å². The van der Waals surface area contributed by atoms with Crippen molar-refractivity contribution in [3.05, 3.63) is 28.0 Å². The lowest BCUT2D eigenvalue weighted by Gasteiger charge is -2.20. The highest BCUT2D eigenvalue weighted by Crippen LogP contribution is 2.18. The van der Waals surface area contributed by atoms with E-state index < -0.39 is 0 Å². The summed E-state index contributed by atoms with van der Waals surface area (Å²) in [5.41, 5.74) is 0.896. The van der Waals surface area contributed by atoms with Crippen LogP contribution in [0, 0.1) is 0 Å². The topological polar surface area (TPSA) is 42.4 Å². The molecule has 0 N–H and O–H groups in total. The van der Waals surface area contributed by atoms with Crippen molar-refractivity contribution in [3.8, 4) is 0 Å². The summed E-state index contributed by atoms with van der Waals surface area (Å²) in [6, 6.07) is 3.55. The van der Waals surface area contributed by atoms with Crippen molar-refractivity contribution < 1.29 is 9.53 Å². The van der Waals surface area contributed by atoms with Crippen molar-refractivity contribution in [2.45, 2.75) is 19.9 Å². The van der Waals surface area contributed by atoms with Crippen LogP contribution in [0.3, 0.4) is 0 Å². The molecule has 1 aromatic rings. The van der Waals surface area contributed by atoms with Crippen molar-refractivity contribution in [2.24, 2.45) is 0 Å². The van der Waals surface area contributed by atoms with Gasteiger partial charge < -0.3 is 4.74 Å². The number of hydrogen-bond acceptors (Lipinski definition) is 4. The Morgan fingerprint density at radius 1 is 1.44 bits per heavy atom. The third kappa shape index (κ3) is 4.80. The molecule has 6 heteroatoms. The van der Waals surface area contributed by atoms with Crippen LogP contribution in [0.4, 0.5) is 0 Å². The summed E-state index contributed by atoms with van der Waals surface area (Å²) in [4.78, 5) is 17.2. The Morgan fingerprint density at radius 2 is 2.17 bits per heavy atom. The minimum absolute atomic E-state index is 0.214. The molecule has 0 radical (unpaired) electrons. The number of carbonyl (C=O) groups excluding carboxylic acids is 1. The molecule has 0 aliphatic rings. The Hall–Kier alpha value is -0.840.